The molecule has 8 nitrogen and oxygen atoms in total. The highest BCUT2D eigenvalue weighted by molar-refractivity contribution is 9.10. The third-order valence-electron chi connectivity index (χ3n) is 6.27. The number of halogens is 1. The van der Waals surface area contributed by atoms with Crippen LogP contribution in [0.4, 0.5) is 5.82 Å². The van der Waals surface area contributed by atoms with Gasteiger partial charge in [0.2, 0.25) is 6.79 Å². The lowest BCUT2D eigenvalue weighted by atomic mass is 9.92. The number of hydrogen-bond donors (Lipinski definition) is 1. The highest BCUT2D eigenvalue weighted by atomic mass is 79.9. The van der Waals surface area contributed by atoms with Crippen molar-refractivity contribution in [2.24, 2.45) is 5.92 Å². The maximum Gasteiger partial charge on any atom is 0.231 e. The molecule has 2 bridgehead atoms. The quantitative estimate of drug-likeness (QED) is 0.548. The summed E-state index contributed by atoms with van der Waals surface area (Å²) in [6.45, 7) is 1.09. The van der Waals surface area contributed by atoms with Crippen LogP contribution in [-0.2, 0) is 11.3 Å². The Bertz CT molecular complexity index is 1100. The molecule has 5 aliphatic rings. The van der Waals surface area contributed by atoms with Crippen molar-refractivity contribution in [3.63, 3.8) is 0 Å². The summed E-state index contributed by atoms with van der Waals surface area (Å²) >= 11 is 5.06. The lowest BCUT2D eigenvalue weighted by Gasteiger charge is -2.28. The van der Waals surface area contributed by atoms with E-state index in [1.54, 1.807) is 6.33 Å². The predicted octanol–water partition coefficient (Wildman–Crippen LogP) is 4.35. The number of anilines is 1. The molecule has 2 N–H and O–H groups in total. The van der Waals surface area contributed by atoms with E-state index in [2.05, 4.69) is 30.5 Å². The summed E-state index contributed by atoms with van der Waals surface area (Å²) in [5.41, 5.74) is 6.77. The number of imidazole rings is 1. The van der Waals surface area contributed by atoms with E-state index in [1.165, 1.54) is 24.6 Å². The van der Waals surface area contributed by atoms with Gasteiger partial charge in [0.05, 0.1) is 18.5 Å². The molecule has 31 heavy (non-hydrogen) atoms. The average molecular weight is 504 g/mol. The molecule has 0 spiro atoms. The van der Waals surface area contributed by atoms with Crippen molar-refractivity contribution in [1.29, 1.82) is 0 Å². The van der Waals surface area contributed by atoms with Gasteiger partial charge >= 0.3 is 0 Å². The predicted molar refractivity (Wildman–Crippen MR) is 118 cm³/mol. The smallest absolute Gasteiger partial charge is 0.231 e. The summed E-state index contributed by atoms with van der Waals surface area (Å²) in [6, 6.07) is 3.84. The van der Waals surface area contributed by atoms with Crippen molar-refractivity contribution in [3.05, 3.63) is 22.9 Å². The normalized spacial score (nSPS) is 24.2. The molecule has 0 aliphatic carbocycles. The van der Waals surface area contributed by atoms with Crippen LogP contribution < -0.4 is 15.2 Å². The molecular weight excluding hydrogens is 482 g/mol. The van der Waals surface area contributed by atoms with E-state index in [-0.39, 0.29) is 6.79 Å². The second-order valence-electron chi connectivity index (χ2n) is 8.32. The zero-order chi connectivity index (χ0) is 20.9. The molecule has 6 rings (SSSR count). The summed E-state index contributed by atoms with van der Waals surface area (Å²) in [5.74, 6) is 3.33. The lowest BCUT2D eigenvalue weighted by molar-refractivity contribution is -0.0215. The first-order valence-corrected chi connectivity index (χ1v) is 12.1. The van der Waals surface area contributed by atoms with Crippen LogP contribution >= 0.6 is 27.7 Å². The van der Waals surface area contributed by atoms with Gasteiger partial charge in [-0.15, -0.1) is 0 Å². The number of nitrogen functional groups attached to an aromatic ring is 1. The Balaban J connectivity index is 1.23. The zero-order valence-corrected chi connectivity index (χ0v) is 19.2. The monoisotopic (exact) mass is 503 g/mol. The van der Waals surface area contributed by atoms with E-state index in [1.807, 2.05) is 12.1 Å². The van der Waals surface area contributed by atoms with Gasteiger partial charge in [-0.05, 0) is 77.8 Å². The van der Waals surface area contributed by atoms with Gasteiger partial charge in [0.1, 0.15) is 0 Å². The summed E-state index contributed by atoms with van der Waals surface area (Å²) in [7, 11) is 0. The number of rotatable bonds is 5. The van der Waals surface area contributed by atoms with Crippen LogP contribution in [0.1, 0.15) is 32.1 Å². The maximum atomic E-state index is 6.12. The first kappa shape index (κ1) is 19.6. The fourth-order valence-corrected chi connectivity index (χ4v) is 6.10. The number of benzene rings is 1. The van der Waals surface area contributed by atoms with Crippen molar-refractivity contribution in [2.75, 3.05) is 12.5 Å². The van der Waals surface area contributed by atoms with E-state index in [9.17, 15) is 0 Å². The Morgan fingerprint density at radius 2 is 1.90 bits per heavy atom. The summed E-state index contributed by atoms with van der Waals surface area (Å²) in [4.78, 5) is 14.8. The molecule has 2 unspecified atom stereocenters. The molecule has 5 heterocycles. The minimum atomic E-state index is 0.240. The maximum absolute atomic E-state index is 6.12. The van der Waals surface area contributed by atoms with Gasteiger partial charge in [0, 0.05) is 15.9 Å². The Labute approximate surface area is 192 Å². The Morgan fingerprint density at radius 3 is 2.71 bits per heavy atom. The first-order valence-electron chi connectivity index (χ1n) is 10.5. The Kier molecular flexibility index (Phi) is 4.96. The summed E-state index contributed by atoms with van der Waals surface area (Å²) in [6.07, 6.45) is 8.54. The zero-order valence-electron chi connectivity index (χ0n) is 16.8. The number of nitrogens with two attached hydrogens (primary N) is 1. The van der Waals surface area contributed by atoms with E-state index < -0.39 is 0 Å². The number of fused-ring (bicyclic) bond motifs is 4. The Morgan fingerprint density at radius 1 is 1.13 bits per heavy atom. The number of aromatic nitrogens is 4. The number of nitrogens with zero attached hydrogens (tertiary/aromatic N) is 4. The van der Waals surface area contributed by atoms with Crippen LogP contribution in [0, 0.1) is 5.92 Å². The molecule has 162 valence electrons. The standard InChI is InChI=1S/C21H22BrN5O3S/c22-14-7-15-16(29-10-28-15)8-17(14)31-21-25-18-19(23)24-9-27(20(18)26-21)4-3-11-5-12-1-2-13(6-11)30-12/h7-9,11-13H,1-6,10,23H2. The van der Waals surface area contributed by atoms with E-state index >= 15 is 0 Å². The van der Waals surface area contributed by atoms with Gasteiger partial charge in [0.25, 0.3) is 0 Å². The molecule has 2 saturated heterocycles. The van der Waals surface area contributed by atoms with Gasteiger partial charge < -0.3 is 24.5 Å². The molecule has 1 aromatic carbocycles. The molecule has 0 radical (unpaired) electrons. The minimum absolute atomic E-state index is 0.240. The van der Waals surface area contributed by atoms with Gasteiger partial charge in [-0.1, -0.05) is 0 Å². The average Bonchev–Trinajstić information content (AvgIpc) is 3.47. The van der Waals surface area contributed by atoms with Crippen LogP contribution in [0.5, 0.6) is 11.5 Å². The third-order valence-corrected chi connectivity index (χ3v) is 8.11. The lowest BCUT2D eigenvalue weighted by Crippen LogP contribution is -2.25. The summed E-state index contributed by atoms with van der Waals surface area (Å²) < 4.78 is 19.9. The topological polar surface area (TPSA) is 97.3 Å². The van der Waals surface area contributed by atoms with Crippen LogP contribution in [0.25, 0.3) is 11.5 Å². The molecule has 2 atom stereocenters. The summed E-state index contributed by atoms with van der Waals surface area (Å²) in [5, 5.41) is 0.632. The molecule has 5 aliphatic heterocycles. The largest absolute Gasteiger partial charge is 0.454 e. The van der Waals surface area contributed by atoms with Crippen LogP contribution in [0.15, 0.2) is 33.0 Å². The highest BCUT2D eigenvalue weighted by Gasteiger charge is 2.34. The van der Waals surface area contributed by atoms with Crippen molar-refractivity contribution < 1.29 is 14.2 Å². The second kappa shape index (κ2) is 7.83. The molecule has 0 saturated carbocycles. The van der Waals surface area contributed by atoms with E-state index in [0.29, 0.717) is 34.8 Å². The second-order valence-corrected chi connectivity index (χ2v) is 10.2. The first-order chi connectivity index (χ1) is 15.1. The number of ether oxygens (including phenoxy) is 3. The molecular formula is C21H22BrN5O3S. The molecule has 10 heteroatoms. The Hall–Kier alpha value is -2.04. The number of hydrogen-bond acceptors (Lipinski definition) is 8. The van der Waals surface area contributed by atoms with Crippen molar-refractivity contribution in [1.82, 2.24) is 19.5 Å². The van der Waals surface area contributed by atoms with E-state index in [4.69, 9.17) is 24.9 Å². The minimum Gasteiger partial charge on any atom is -0.454 e. The highest BCUT2D eigenvalue weighted by Crippen LogP contribution is 2.43. The van der Waals surface area contributed by atoms with Crippen molar-refractivity contribution in [2.45, 2.75) is 60.9 Å². The van der Waals surface area contributed by atoms with Crippen LogP contribution in [0.3, 0.4) is 0 Å². The van der Waals surface area contributed by atoms with Gasteiger partial charge in [0.15, 0.2) is 34.0 Å². The molecule has 0 amide bonds. The van der Waals surface area contributed by atoms with Gasteiger partial charge in [-0.3, -0.25) is 0 Å². The fourth-order valence-electron chi connectivity index (χ4n) is 4.74. The van der Waals surface area contributed by atoms with Gasteiger partial charge in [-0.25, -0.2) is 15.0 Å². The third kappa shape index (κ3) is 3.74. The molecule has 2 fully saturated rings. The number of aryl methyl sites for hydroxylation is 1. The SMILES string of the molecule is Nc1ncn(CCC2CC3CCC(C2)O3)c2nc(Sc3cc4c(cc3Br)OCO4)nc1-2. The molecule has 1 aromatic rings. The molecule has 0 aromatic heterocycles. The van der Waals surface area contributed by atoms with Crippen molar-refractivity contribution >= 4 is 33.5 Å². The van der Waals surface area contributed by atoms with Crippen LogP contribution in [-0.4, -0.2) is 38.5 Å². The van der Waals surface area contributed by atoms with Crippen LogP contribution in [0.2, 0.25) is 0 Å². The van der Waals surface area contributed by atoms with Crippen molar-refractivity contribution in [3.8, 4) is 23.0 Å². The van der Waals surface area contributed by atoms with Gasteiger partial charge in [-0.2, -0.15) is 0 Å². The fraction of sp³-hybridized carbons (Fsp3) is 0.476. The van der Waals surface area contributed by atoms with E-state index in [0.717, 1.165) is 52.5 Å².